The molecule has 0 radical (unpaired) electrons. The van der Waals surface area contributed by atoms with Crippen molar-refractivity contribution in [3.05, 3.63) is 89.7 Å². The fourth-order valence-corrected chi connectivity index (χ4v) is 5.62. The van der Waals surface area contributed by atoms with Gasteiger partial charge in [0.25, 0.3) is 0 Å². The molecule has 0 bridgehead atoms. The van der Waals surface area contributed by atoms with Crippen LogP contribution in [0.3, 0.4) is 0 Å². The fourth-order valence-electron chi connectivity index (χ4n) is 5.62. The Morgan fingerprint density at radius 3 is 2.63 bits per heavy atom. The third kappa shape index (κ3) is 4.84. The summed E-state index contributed by atoms with van der Waals surface area (Å²) in [6, 6.07) is 22.4. The molecule has 1 N–H and O–H groups in total. The largest absolute Gasteiger partial charge is 0.395 e. The number of fused-ring (bicyclic) bond motifs is 1. The van der Waals surface area contributed by atoms with Gasteiger partial charge in [-0.1, -0.05) is 42.5 Å². The number of aliphatic hydroxyl groups excluding tert-OH is 1. The van der Waals surface area contributed by atoms with E-state index >= 15 is 0 Å². The van der Waals surface area contributed by atoms with Gasteiger partial charge in [-0.2, -0.15) is 5.26 Å². The van der Waals surface area contributed by atoms with Gasteiger partial charge in [0.1, 0.15) is 0 Å². The molecule has 6 heteroatoms. The Bertz CT molecular complexity index is 1210. The molecule has 6 nitrogen and oxygen atoms in total. The molecule has 2 saturated heterocycles. The summed E-state index contributed by atoms with van der Waals surface area (Å²) >= 11 is 0. The van der Waals surface area contributed by atoms with Gasteiger partial charge in [0.05, 0.1) is 24.7 Å². The van der Waals surface area contributed by atoms with Crippen molar-refractivity contribution in [2.75, 3.05) is 26.2 Å². The first-order chi connectivity index (χ1) is 17.2. The standard InChI is InChI=1S/C29H30N4O2/c30-17-21-5-3-7-25(15-21)23-8-10-24(11-9-23)29-26-19-32(13-1-2-14-33(26)27(29)20-34)28(35)16-22-6-4-12-31-18-22/h3-12,15,18,26-27,29,34H,1-2,13-14,16,19-20H2/t26-,27-,29+/m0/s1. The van der Waals surface area contributed by atoms with Crippen molar-refractivity contribution in [1.29, 1.82) is 5.26 Å². The summed E-state index contributed by atoms with van der Waals surface area (Å²) in [5, 5.41) is 19.4. The highest BCUT2D eigenvalue weighted by molar-refractivity contribution is 5.78. The summed E-state index contributed by atoms with van der Waals surface area (Å²) in [5.74, 6) is 0.310. The zero-order chi connectivity index (χ0) is 24.2. The van der Waals surface area contributed by atoms with Crippen LogP contribution in [0.2, 0.25) is 0 Å². The van der Waals surface area contributed by atoms with Crippen molar-refractivity contribution in [2.24, 2.45) is 0 Å². The molecular formula is C29H30N4O2. The predicted molar refractivity (Wildman–Crippen MR) is 134 cm³/mol. The van der Waals surface area contributed by atoms with E-state index in [-0.39, 0.29) is 30.5 Å². The van der Waals surface area contributed by atoms with Crippen LogP contribution in [0.15, 0.2) is 73.1 Å². The highest BCUT2D eigenvalue weighted by Gasteiger charge is 2.49. The number of nitriles is 1. The molecule has 0 aliphatic carbocycles. The highest BCUT2D eigenvalue weighted by atomic mass is 16.3. The molecule has 0 saturated carbocycles. The van der Waals surface area contributed by atoms with Crippen molar-refractivity contribution in [2.45, 2.75) is 37.3 Å². The molecule has 3 atom stereocenters. The van der Waals surface area contributed by atoms with Crippen molar-refractivity contribution in [1.82, 2.24) is 14.8 Å². The van der Waals surface area contributed by atoms with Gasteiger partial charge in [0.15, 0.2) is 0 Å². The highest BCUT2D eigenvalue weighted by Crippen LogP contribution is 2.42. The van der Waals surface area contributed by atoms with Gasteiger partial charge >= 0.3 is 0 Å². The van der Waals surface area contributed by atoms with E-state index in [4.69, 9.17) is 0 Å². The first-order valence-corrected chi connectivity index (χ1v) is 12.3. The molecule has 5 rings (SSSR count). The lowest BCUT2D eigenvalue weighted by molar-refractivity contribution is -0.135. The third-order valence-electron chi connectivity index (χ3n) is 7.42. The van der Waals surface area contributed by atoms with Crippen LogP contribution in [-0.4, -0.2) is 64.1 Å². The van der Waals surface area contributed by atoms with Crippen LogP contribution in [0.25, 0.3) is 11.1 Å². The van der Waals surface area contributed by atoms with Crippen molar-refractivity contribution >= 4 is 5.91 Å². The number of aromatic nitrogens is 1. The number of pyridine rings is 1. The topological polar surface area (TPSA) is 80.5 Å². The number of aliphatic hydroxyl groups is 1. The molecule has 2 aromatic carbocycles. The number of carbonyl (C=O) groups is 1. The number of carbonyl (C=O) groups excluding carboxylic acids is 1. The predicted octanol–water partition coefficient (Wildman–Crippen LogP) is 3.61. The second-order valence-corrected chi connectivity index (χ2v) is 9.48. The van der Waals surface area contributed by atoms with Crippen LogP contribution in [-0.2, 0) is 11.2 Å². The van der Waals surface area contributed by atoms with Crippen LogP contribution in [0.1, 0.15) is 35.4 Å². The Kier molecular flexibility index (Phi) is 6.89. The van der Waals surface area contributed by atoms with Crippen LogP contribution in [0, 0.1) is 11.3 Å². The maximum absolute atomic E-state index is 13.2. The molecule has 2 aliphatic rings. The molecule has 0 unspecified atom stereocenters. The molecule has 1 aromatic heterocycles. The number of nitrogens with zero attached hydrogens (tertiary/aromatic N) is 4. The molecule has 2 aliphatic heterocycles. The van der Waals surface area contributed by atoms with Gasteiger partial charge in [-0.15, -0.1) is 0 Å². The summed E-state index contributed by atoms with van der Waals surface area (Å²) in [5.41, 5.74) is 4.85. The Balaban J connectivity index is 1.35. The maximum atomic E-state index is 13.2. The average molecular weight is 467 g/mol. The van der Waals surface area contributed by atoms with Gasteiger partial charge in [0.2, 0.25) is 5.91 Å². The lowest BCUT2D eigenvalue weighted by Crippen LogP contribution is -2.68. The fraction of sp³-hybridized carbons (Fsp3) is 0.345. The molecule has 178 valence electrons. The number of amides is 1. The van der Waals surface area contributed by atoms with Crippen LogP contribution >= 0.6 is 0 Å². The van der Waals surface area contributed by atoms with E-state index in [1.165, 1.54) is 5.56 Å². The summed E-state index contributed by atoms with van der Waals surface area (Å²) in [7, 11) is 0. The molecule has 1 amide bonds. The summed E-state index contributed by atoms with van der Waals surface area (Å²) in [6.07, 6.45) is 5.84. The first kappa shape index (κ1) is 23.2. The normalized spacial score (nSPS) is 22.3. The Morgan fingerprint density at radius 2 is 1.89 bits per heavy atom. The van der Waals surface area contributed by atoms with E-state index in [0.29, 0.717) is 18.5 Å². The second kappa shape index (κ2) is 10.4. The zero-order valence-electron chi connectivity index (χ0n) is 19.8. The van der Waals surface area contributed by atoms with Crippen LogP contribution < -0.4 is 0 Å². The lowest BCUT2D eigenvalue weighted by Gasteiger charge is -2.57. The number of hydrogen-bond donors (Lipinski definition) is 1. The SMILES string of the molecule is N#Cc1cccc(-c2ccc([C@H]3[C@H](CO)N4CCCCN(C(=O)Cc5cccnc5)C[C@@H]34)cc2)c1. The van der Waals surface area contributed by atoms with E-state index in [9.17, 15) is 15.2 Å². The van der Waals surface area contributed by atoms with E-state index < -0.39 is 0 Å². The van der Waals surface area contributed by atoms with E-state index in [1.807, 2.05) is 41.3 Å². The third-order valence-corrected chi connectivity index (χ3v) is 7.42. The van der Waals surface area contributed by atoms with E-state index in [2.05, 4.69) is 40.2 Å². The van der Waals surface area contributed by atoms with E-state index in [1.54, 1.807) is 12.4 Å². The van der Waals surface area contributed by atoms with Crippen LogP contribution in [0.5, 0.6) is 0 Å². The van der Waals surface area contributed by atoms with Crippen molar-refractivity contribution in [3.8, 4) is 17.2 Å². The molecule has 3 aromatic rings. The smallest absolute Gasteiger partial charge is 0.227 e. The van der Waals surface area contributed by atoms with Gasteiger partial charge in [0, 0.05) is 43.5 Å². The monoisotopic (exact) mass is 466 g/mol. The Hall–Kier alpha value is -3.53. The summed E-state index contributed by atoms with van der Waals surface area (Å²) < 4.78 is 0. The van der Waals surface area contributed by atoms with Gasteiger partial charge < -0.3 is 10.0 Å². The summed E-state index contributed by atoms with van der Waals surface area (Å²) in [6.45, 7) is 2.51. The van der Waals surface area contributed by atoms with Gasteiger partial charge in [-0.05, 0) is 59.8 Å². The number of rotatable bonds is 5. The number of benzene rings is 2. The molecule has 3 heterocycles. The minimum absolute atomic E-state index is 0.0705. The van der Waals surface area contributed by atoms with Gasteiger partial charge in [-0.3, -0.25) is 14.7 Å². The molecule has 35 heavy (non-hydrogen) atoms. The minimum Gasteiger partial charge on any atom is -0.395 e. The summed E-state index contributed by atoms with van der Waals surface area (Å²) in [4.78, 5) is 21.7. The lowest BCUT2D eigenvalue weighted by atomic mass is 9.74. The molecule has 0 spiro atoms. The van der Waals surface area contributed by atoms with E-state index in [0.717, 1.165) is 42.6 Å². The van der Waals surface area contributed by atoms with Gasteiger partial charge in [-0.25, -0.2) is 0 Å². The average Bonchev–Trinajstić information content (AvgIpc) is 2.88. The molecule has 2 fully saturated rings. The van der Waals surface area contributed by atoms with Crippen molar-refractivity contribution < 1.29 is 9.90 Å². The Morgan fingerprint density at radius 1 is 1.06 bits per heavy atom. The zero-order valence-corrected chi connectivity index (χ0v) is 19.8. The second-order valence-electron chi connectivity index (χ2n) is 9.48. The first-order valence-electron chi connectivity index (χ1n) is 12.3. The minimum atomic E-state index is 0.0705. The quantitative estimate of drug-likeness (QED) is 0.621. The maximum Gasteiger partial charge on any atom is 0.227 e. The van der Waals surface area contributed by atoms with Crippen molar-refractivity contribution in [3.63, 3.8) is 0 Å². The Labute approximate surface area is 206 Å². The number of hydrogen-bond acceptors (Lipinski definition) is 5. The van der Waals surface area contributed by atoms with Crippen LogP contribution in [0.4, 0.5) is 0 Å². The molecular weight excluding hydrogens is 436 g/mol.